The molecule has 0 radical (unpaired) electrons. The Morgan fingerprint density at radius 3 is 2.56 bits per heavy atom. The van der Waals surface area contributed by atoms with E-state index < -0.39 is 0 Å². The van der Waals surface area contributed by atoms with E-state index in [0.29, 0.717) is 19.1 Å². The lowest BCUT2D eigenvalue weighted by Gasteiger charge is -2.15. The summed E-state index contributed by atoms with van der Waals surface area (Å²) in [5, 5.41) is 0. The summed E-state index contributed by atoms with van der Waals surface area (Å²) in [5.74, 6) is 0.674. The van der Waals surface area contributed by atoms with Crippen LogP contribution in [0.5, 0.6) is 5.88 Å². The summed E-state index contributed by atoms with van der Waals surface area (Å²) in [6.07, 6.45) is 3.00. The summed E-state index contributed by atoms with van der Waals surface area (Å²) in [6, 6.07) is 6.50. The highest BCUT2D eigenvalue weighted by Gasteiger charge is 2.17. The Bertz CT molecular complexity index is 946. The molecule has 0 saturated carbocycles. The monoisotopic (exact) mass is 367 g/mol. The molecule has 0 aromatic carbocycles. The van der Waals surface area contributed by atoms with E-state index in [1.807, 2.05) is 13.0 Å². The zero-order valence-corrected chi connectivity index (χ0v) is 17.2. The van der Waals surface area contributed by atoms with Gasteiger partial charge in [0.25, 0.3) is 0 Å². The molecule has 3 rings (SSSR count). The Labute approximate surface area is 161 Å². The minimum atomic E-state index is 0.261. The van der Waals surface area contributed by atoms with Gasteiger partial charge in [-0.05, 0) is 57.4 Å². The third kappa shape index (κ3) is 3.69. The Hall–Kier alpha value is -2.40. The molecule has 3 aromatic heterocycles. The summed E-state index contributed by atoms with van der Waals surface area (Å²) in [4.78, 5) is 9.72. The molecule has 0 fully saturated rings. The maximum atomic E-state index is 5.56. The van der Waals surface area contributed by atoms with Crippen molar-refractivity contribution in [3.05, 3.63) is 41.2 Å². The van der Waals surface area contributed by atoms with Crippen LogP contribution in [0.2, 0.25) is 0 Å². The topological polar surface area (TPSA) is 49.2 Å². The first-order valence-corrected chi connectivity index (χ1v) is 9.60. The van der Waals surface area contributed by atoms with E-state index in [9.17, 15) is 0 Å². The summed E-state index contributed by atoms with van der Waals surface area (Å²) in [7, 11) is 1.74. The zero-order valence-electron chi connectivity index (χ0n) is 17.2. The van der Waals surface area contributed by atoms with Crippen molar-refractivity contribution in [2.45, 2.75) is 47.1 Å². The van der Waals surface area contributed by atoms with Crippen LogP contribution in [-0.2, 0) is 11.2 Å². The van der Waals surface area contributed by atoms with E-state index in [1.54, 1.807) is 7.11 Å². The predicted octanol–water partition coefficient (Wildman–Crippen LogP) is 4.88. The van der Waals surface area contributed by atoms with Crippen LogP contribution in [0, 0.1) is 13.8 Å². The average molecular weight is 367 g/mol. The summed E-state index contributed by atoms with van der Waals surface area (Å²) >= 11 is 0. The second-order valence-electron chi connectivity index (χ2n) is 6.98. The van der Waals surface area contributed by atoms with Crippen molar-refractivity contribution in [3.63, 3.8) is 0 Å². The van der Waals surface area contributed by atoms with Crippen LogP contribution < -0.4 is 4.74 Å². The summed E-state index contributed by atoms with van der Waals surface area (Å²) < 4.78 is 13.2. The number of ether oxygens (including phenoxy) is 2. The highest BCUT2D eigenvalue weighted by Crippen LogP contribution is 2.31. The lowest BCUT2D eigenvalue weighted by molar-refractivity contribution is 0.164. The molecule has 0 unspecified atom stereocenters. The number of methoxy groups -OCH3 is 1. The van der Waals surface area contributed by atoms with Crippen molar-refractivity contribution in [3.8, 4) is 17.1 Å². The first-order valence-electron chi connectivity index (χ1n) is 9.60. The van der Waals surface area contributed by atoms with Gasteiger partial charge in [-0.15, -0.1) is 0 Å². The van der Waals surface area contributed by atoms with Gasteiger partial charge in [-0.25, -0.2) is 9.97 Å². The van der Waals surface area contributed by atoms with Gasteiger partial charge in [0.05, 0.1) is 41.7 Å². The molecule has 3 aromatic rings. The molecule has 0 aliphatic rings. The van der Waals surface area contributed by atoms with E-state index in [0.717, 1.165) is 40.0 Å². The van der Waals surface area contributed by atoms with Crippen molar-refractivity contribution in [1.82, 2.24) is 14.5 Å². The fraction of sp³-hybridized carbons (Fsp3) is 0.455. The number of aromatic nitrogens is 3. The standard InChI is InChI=1S/C22H29N3O2/c1-7-18-17(9-10-20(23-18)27-8-2)21-14(3)11-19-22(24-21)15(4)12-25(19)16(5)13-26-6/h9-12,16H,7-8,13H2,1-6H3/t16-/m0/s1. The van der Waals surface area contributed by atoms with Gasteiger partial charge in [0.15, 0.2) is 0 Å². The van der Waals surface area contributed by atoms with Gasteiger partial charge in [-0.1, -0.05) is 6.92 Å². The van der Waals surface area contributed by atoms with Crippen LogP contribution in [0.3, 0.4) is 0 Å². The van der Waals surface area contributed by atoms with Crippen LogP contribution in [0.25, 0.3) is 22.3 Å². The molecule has 0 bridgehead atoms. The second kappa shape index (κ2) is 8.09. The average Bonchev–Trinajstić information content (AvgIpc) is 2.97. The van der Waals surface area contributed by atoms with Gasteiger partial charge in [0, 0.05) is 24.9 Å². The molecule has 3 heterocycles. The minimum absolute atomic E-state index is 0.261. The first-order chi connectivity index (χ1) is 13.0. The van der Waals surface area contributed by atoms with Crippen LogP contribution in [0.4, 0.5) is 0 Å². The van der Waals surface area contributed by atoms with E-state index in [4.69, 9.17) is 14.5 Å². The number of rotatable bonds is 7. The van der Waals surface area contributed by atoms with Gasteiger partial charge in [-0.2, -0.15) is 0 Å². The van der Waals surface area contributed by atoms with Gasteiger partial charge >= 0.3 is 0 Å². The molecule has 0 aliphatic heterocycles. The summed E-state index contributed by atoms with van der Waals surface area (Å²) in [5.41, 5.74) is 7.59. The van der Waals surface area contributed by atoms with Crippen molar-refractivity contribution in [1.29, 1.82) is 0 Å². The molecule has 27 heavy (non-hydrogen) atoms. The second-order valence-corrected chi connectivity index (χ2v) is 6.98. The van der Waals surface area contributed by atoms with E-state index in [2.05, 4.69) is 55.6 Å². The number of nitrogens with zero attached hydrogens (tertiary/aromatic N) is 3. The van der Waals surface area contributed by atoms with E-state index in [1.165, 1.54) is 5.56 Å². The van der Waals surface area contributed by atoms with Crippen molar-refractivity contribution in [2.75, 3.05) is 20.3 Å². The van der Waals surface area contributed by atoms with Gasteiger partial charge in [0.2, 0.25) is 5.88 Å². The van der Waals surface area contributed by atoms with E-state index >= 15 is 0 Å². The SMILES string of the molecule is CCOc1ccc(-c2nc3c(C)cn([C@@H](C)COC)c3cc2C)c(CC)n1. The van der Waals surface area contributed by atoms with E-state index in [-0.39, 0.29) is 6.04 Å². The first kappa shape index (κ1) is 19.4. The van der Waals surface area contributed by atoms with Gasteiger partial charge in [-0.3, -0.25) is 0 Å². The maximum absolute atomic E-state index is 5.56. The van der Waals surface area contributed by atoms with Crippen molar-refractivity contribution < 1.29 is 9.47 Å². The molecule has 144 valence electrons. The Morgan fingerprint density at radius 2 is 1.89 bits per heavy atom. The highest BCUT2D eigenvalue weighted by molar-refractivity contribution is 5.84. The van der Waals surface area contributed by atoms with Crippen LogP contribution in [0.15, 0.2) is 24.4 Å². The lowest BCUT2D eigenvalue weighted by atomic mass is 10.0. The smallest absolute Gasteiger partial charge is 0.213 e. The van der Waals surface area contributed by atoms with Crippen molar-refractivity contribution in [2.24, 2.45) is 0 Å². The highest BCUT2D eigenvalue weighted by atomic mass is 16.5. The minimum Gasteiger partial charge on any atom is -0.478 e. The molecule has 0 aliphatic carbocycles. The molecule has 0 N–H and O–H groups in total. The molecule has 0 amide bonds. The maximum Gasteiger partial charge on any atom is 0.213 e. The quantitative estimate of drug-likeness (QED) is 0.597. The van der Waals surface area contributed by atoms with Gasteiger partial charge in [0.1, 0.15) is 0 Å². The molecule has 0 saturated heterocycles. The Balaban J connectivity index is 2.14. The van der Waals surface area contributed by atoms with Crippen LogP contribution in [-0.4, -0.2) is 34.9 Å². The van der Waals surface area contributed by atoms with Crippen LogP contribution in [0.1, 0.15) is 43.6 Å². The number of hydrogen-bond acceptors (Lipinski definition) is 4. The number of aryl methyl sites for hydroxylation is 3. The Kier molecular flexibility index (Phi) is 5.80. The molecule has 5 nitrogen and oxygen atoms in total. The fourth-order valence-electron chi connectivity index (χ4n) is 3.58. The molecule has 5 heteroatoms. The number of hydrogen-bond donors (Lipinski definition) is 0. The third-order valence-corrected chi connectivity index (χ3v) is 4.89. The Morgan fingerprint density at radius 1 is 1.11 bits per heavy atom. The lowest BCUT2D eigenvalue weighted by Crippen LogP contribution is -2.10. The number of fused-ring (bicyclic) bond motifs is 1. The predicted molar refractivity (Wildman–Crippen MR) is 110 cm³/mol. The zero-order chi connectivity index (χ0) is 19.6. The molecule has 0 spiro atoms. The number of pyridine rings is 2. The molecular formula is C22H29N3O2. The van der Waals surface area contributed by atoms with Gasteiger partial charge < -0.3 is 14.0 Å². The summed E-state index contributed by atoms with van der Waals surface area (Å²) in [6.45, 7) is 11.8. The van der Waals surface area contributed by atoms with Crippen LogP contribution >= 0.6 is 0 Å². The van der Waals surface area contributed by atoms with Crippen molar-refractivity contribution >= 4 is 11.0 Å². The third-order valence-electron chi connectivity index (χ3n) is 4.89. The molecule has 1 atom stereocenters. The largest absolute Gasteiger partial charge is 0.478 e. The normalized spacial score (nSPS) is 12.5. The fourth-order valence-corrected chi connectivity index (χ4v) is 3.58. The molecular weight excluding hydrogens is 338 g/mol.